The topological polar surface area (TPSA) is 41.5 Å². The van der Waals surface area contributed by atoms with Gasteiger partial charge in [-0.05, 0) is 35.3 Å². The lowest BCUT2D eigenvalue weighted by Gasteiger charge is -2.14. The number of phenolic OH excluding ortho intramolecular Hbond substituents is 1. The SMILES string of the molecule is COCCC(C)NCc1cccc(Br)c1O. The van der Waals surface area contributed by atoms with Gasteiger partial charge in [0.2, 0.25) is 0 Å². The quantitative estimate of drug-likeness (QED) is 0.845. The van der Waals surface area contributed by atoms with Crippen LogP contribution in [0.5, 0.6) is 5.75 Å². The molecule has 4 heteroatoms. The van der Waals surface area contributed by atoms with Crippen LogP contribution in [0.2, 0.25) is 0 Å². The molecule has 90 valence electrons. The van der Waals surface area contributed by atoms with Crippen molar-refractivity contribution in [3.8, 4) is 5.75 Å². The predicted octanol–water partition coefficient (Wildman–Crippen LogP) is 2.67. The Morgan fingerprint density at radius 3 is 2.94 bits per heavy atom. The molecule has 0 saturated carbocycles. The number of phenols is 1. The standard InChI is InChI=1S/C12H18BrNO2/c1-9(6-7-16-2)14-8-10-4-3-5-11(13)12(10)15/h3-5,9,14-15H,6-8H2,1-2H3. The third-order valence-electron chi connectivity index (χ3n) is 2.47. The molecule has 0 aliphatic heterocycles. The average molecular weight is 288 g/mol. The van der Waals surface area contributed by atoms with Crippen LogP contribution in [-0.2, 0) is 11.3 Å². The molecule has 1 rings (SSSR count). The average Bonchev–Trinajstić information content (AvgIpc) is 2.28. The molecule has 1 aromatic carbocycles. The zero-order valence-corrected chi connectivity index (χ0v) is 11.3. The zero-order valence-electron chi connectivity index (χ0n) is 9.66. The normalized spacial score (nSPS) is 12.7. The molecular formula is C12H18BrNO2. The van der Waals surface area contributed by atoms with Gasteiger partial charge in [0.05, 0.1) is 4.47 Å². The summed E-state index contributed by atoms with van der Waals surface area (Å²) in [6.07, 6.45) is 0.964. The second-order valence-electron chi connectivity index (χ2n) is 3.81. The molecule has 1 aromatic rings. The highest BCUT2D eigenvalue weighted by atomic mass is 79.9. The van der Waals surface area contributed by atoms with Crippen molar-refractivity contribution in [2.45, 2.75) is 25.9 Å². The highest BCUT2D eigenvalue weighted by molar-refractivity contribution is 9.10. The monoisotopic (exact) mass is 287 g/mol. The van der Waals surface area contributed by atoms with Gasteiger partial charge >= 0.3 is 0 Å². The summed E-state index contributed by atoms with van der Waals surface area (Å²) in [7, 11) is 1.70. The van der Waals surface area contributed by atoms with Crippen molar-refractivity contribution in [3.05, 3.63) is 28.2 Å². The van der Waals surface area contributed by atoms with E-state index in [1.807, 2.05) is 18.2 Å². The summed E-state index contributed by atoms with van der Waals surface area (Å²) in [5.74, 6) is 0.314. The number of aromatic hydroxyl groups is 1. The minimum absolute atomic E-state index is 0.314. The van der Waals surface area contributed by atoms with Gasteiger partial charge in [0.25, 0.3) is 0 Å². The Labute approximate surface area is 105 Å². The largest absolute Gasteiger partial charge is 0.506 e. The van der Waals surface area contributed by atoms with Crippen LogP contribution in [0.15, 0.2) is 22.7 Å². The van der Waals surface area contributed by atoms with E-state index in [9.17, 15) is 5.11 Å². The van der Waals surface area contributed by atoms with Crippen LogP contribution in [0.25, 0.3) is 0 Å². The Hall–Kier alpha value is -0.580. The third kappa shape index (κ3) is 4.12. The van der Waals surface area contributed by atoms with E-state index in [4.69, 9.17) is 4.74 Å². The number of ether oxygens (including phenoxy) is 1. The van der Waals surface area contributed by atoms with E-state index >= 15 is 0 Å². The molecule has 0 bridgehead atoms. The van der Waals surface area contributed by atoms with Crippen LogP contribution in [0, 0.1) is 0 Å². The molecule has 2 N–H and O–H groups in total. The van der Waals surface area contributed by atoms with E-state index in [0.717, 1.165) is 23.1 Å². The molecule has 0 saturated heterocycles. The molecule has 0 spiro atoms. The highest BCUT2D eigenvalue weighted by Gasteiger charge is 2.06. The fourth-order valence-corrected chi connectivity index (χ4v) is 1.79. The van der Waals surface area contributed by atoms with E-state index in [-0.39, 0.29) is 0 Å². The maximum atomic E-state index is 9.77. The molecule has 1 unspecified atom stereocenters. The molecule has 0 aromatic heterocycles. The molecule has 0 aliphatic carbocycles. The lowest BCUT2D eigenvalue weighted by atomic mass is 10.2. The van der Waals surface area contributed by atoms with Crippen molar-refractivity contribution >= 4 is 15.9 Å². The molecule has 3 nitrogen and oxygen atoms in total. The second kappa shape index (κ2) is 6.89. The summed E-state index contributed by atoms with van der Waals surface area (Å²) < 4.78 is 5.74. The maximum absolute atomic E-state index is 9.77. The van der Waals surface area contributed by atoms with Crippen molar-refractivity contribution in [3.63, 3.8) is 0 Å². The molecule has 0 heterocycles. The van der Waals surface area contributed by atoms with Gasteiger partial charge in [-0.1, -0.05) is 12.1 Å². The summed E-state index contributed by atoms with van der Waals surface area (Å²) in [4.78, 5) is 0. The van der Waals surface area contributed by atoms with Gasteiger partial charge in [0.1, 0.15) is 5.75 Å². The maximum Gasteiger partial charge on any atom is 0.134 e. The highest BCUT2D eigenvalue weighted by Crippen LogP contribution is 2.27. The first-order valence-electron chi connectivity index (χ1n) is 5.33. The summed E-state index contributed by atoms with van der Waals surface area (Å²) in [6, 6.07) is 6.03. The predicted molar refractivity (Wildman–Crippen MR) is 68.6 cm³/mol. The number of methoxy groups -OCH3 is 1. The number of para-hydroxylation sites is 1. The molecule has 0 aliphatic rings. The van der Waals surface area contributed by atoms with E-state index in [0.29, 0.717) is 18.3 Å². The number of halogens is 1. The van der Waals surface area contributed by atoms with Crippen molar-refractivity contribution < 1.29 is 9.84 Å². The van der Waals surface area contributed by atoms with Crippen molar-refractivity contribution in [1.29, 1.82) is 0 Å². The van der Waals surface area contributed by atoms with Gasteiger partial charge in [-0.3, -0.25) is 0 Å². The Bertz CT molecular complexity index is 331. The zero-order chi connectivity index (χ0) is 12.0. The lowest BCUT2D eigenvalue weighted by Crippen LogP contribution is -2.26. The Kier molecular flexibility index (Phi) is 5.80. The van der Waals surface area contributed by atoms with Crippen molar-refractivity contribution in [1.82, 2.24) is 5.32 Å². The van der Waals surface area contributed by atoms with Crippen LogP contribution >= 0.6 is 15.9 Å². The summed E-state index contributed by atoms with van der Waals surface area (Å²) in [5, 5.41) is 13.1. The Morgan fingerprint density at radius 2 is 2.25 bits per heavy atom. The number of nitrogens with one attached hydrogen (secondary N) is 1. The first kappa shape index (κ1) is 13.5. The van der Waals surface area contributed by atoms with Crippen LogP contribution in [-0.4, -0.2) is 24.9 Å². The van der Waals surface area contributed by atoms with Crippen LogP contribution in [0.1, 0.15) is 18.9 Å². The van der Waals surface area contributed by atoms with E-state index < -0.39 is 0 Å². The summed E-state index contributed by atoms with van der Waals surface area (Å²) in [5.41, 5.74) is 0.902. The van der Waals surface area contributed by atoms with Gasteiger partial charge in [-0.15, -0.1) is 0 Å². The van der Waals surface area contributed by atoms with Gasteiger partial charge in [0.15, 0.2) is 0 Å². The molecular weight excluding hydrogens is 270 g/mol. The van der Waals surface area contributed by atoms with Gasteiger partial charge in [0, 0.05) is 31.9 Å². The Balaban J connectivity index is 2.45. The fourth-order valence-electron chi connectivity index (χ4n) is 1.38. The van der Waals surface area contributed by atoms with Gasteiger partial charge in [-0.2, -0.15) is 0 Å². The smallest absolute Gasteiger partial charge is 0.134 e. The summed E-state index contributed by atoms with van der Waals surface area (Å²) in [6.45, 7) is 3.52. The van der Waals surface area contributed by atoms with Crippen molar-refractivity contribution in [2.75, 3.05) is 13.7 Å². The first-order chi connectivity index (χ1) is 7.65. The Morgan fingerprint density at radius 1 is 1.50 bits per heavy atom. The van der Waals surface area contributed by atoms with E-state index in [1.54, 1.807) is 7.11 Å². The molecule has 0 fully saturated rings. The molecule has 16 heavy (non-hydrogen) atoms. The lowest BCUT2D eigenvalue weighted by molar-refractivity contribution is 0.184. The first-order valence-corrected chi connectivity index (χ1v) is 6.13. The number of hydrogen-bond acceptors (Lipinski definition) is 3. The van der Waals surface area contributed by atoms with Crippen LogP contribution in [0.4, 0.5) is 0 Å². The van der Waals surface area contributed by atoms with Gasteiger partial charge in [-0.25, -0.2) is 0 Å². The van der Waals surface area contributed by atoms with Gasteiger partial charge < -0.3 is 15.2 Å². The number of hydrogen-bond donors (Lipinski definition) is 2. The summed E-state index contributed by atoms with van der Waals surface area (Å²) >= 11 is 3.30. The molecule has 1 atom stereocenters. The molecule has 0 radical (unpaired) electrons. The molecule has 0 amide bonds. The van der Waals surface area contributed by atoms with Crippen molar-refractivity contribution in [2.24, 2.45) is 0 Å². The van der Waals surface area contributed by atoms with Crippen LogP contribution in [0.3, 0.4) is 0 Å². The van der Waals surface area contributed by atoms with E-state index in [2.05, 4.69) is 28.2 Å². The number of rotatable bonds is 6. The number of benzene rings is 1. The van der Waals surface area contributed by atoms with Crippen LogP contribution < -0.4 is 5.32 Å². The third-order valence-corrected chi connectivity index (χ3v) is 3.11. The second-order valence-corrected chi connectivity index (χ2v) is 4.67. The van der Waals surface area contributed by atoms with E-state index in [1.165, 1.54) is 0 Å². The fraction of sp³-hybridized carbons (Fsp3) is 0.500. The minimum Gasteiger partial charge on any atom is -0.506 e. The minimum atomic E-state index is 0.314.